The van der Waals surface area contributed by atoms with E-state index in [4.69, 9.17) is 22.5 Å². The number of hydrogen-bond acceptors (Lipinski definition) is 4. The van der Waals surface area contributed by atoms with Gasteiger partial charge in [-0.25, -0.2) is 0 Å². The second-order valence-electron chi connectivity index (χ2n) is 4.23. The molecular weight excluding hydrogens is 280 g/mol. The number of amidine groups is 1. The van der Waals surface area contributed by atoms with Gasteiger partial charge >= 0.3 is 0 Å². The molecule has 0 atom stereocenters. The Morgan fingerprint density at radius 2 is 2.25 bits per heavy atom. The molecule has 2 heterocycles. The number of halogens is 1. The van der Waals surface area contributed by atoms with E-state index in [1.807, 2.05) is 0 Å². The lowest BCUT2D eigenvalue weighted by atomic mass is 10.2. The van der Waals surface area contributed by atoms with E-state index < -0.39 is 0 Å². The number of pyridine rings is 2. The number of nitrogens with two attached hydrogens (primary N) is 1. The van der Waals surface area contributed by atoms with Crippen LogP contribution in [-0.4, -0.2) is 20.6 Å². The van der Waals surface area contributed by atoms with Crippen molar-refractivity contribution in [3.05, 3.63) is 62.8 Å². The molecule has 0 unspecified atom stereocenters. The van der Waals surface area contributed by atoms with Gasteiger partial charge in [0.15, 0.2) is 5.84 Å². The first kappa shape index (κ1) is 14.1. The van der Waals surface area contributed by atoms with Crippen molar-refractivity contribution in [1.29, 1.82) is 0 Å². The number of nitrogens with zero attached hydrogens (tertiary/aromatic N) is 3. The van der Waals surface area contributed by atoms with Gasteiger partial charge in [0.1, 0.15) is 0 Å². The molecule has 0 saturated heterocycles. The normalized spacial score (nSPS) is 11.6. The van der Waals surface area contributed by atoms with E-state index in [-0.39, 0.29) is 17.0 Å². The van der Waals surface area contributed by atoms with E-state index in [2.05, 4.69) is 10.1 Å². The third-order valence-electron chi connectivity index (χ3n) is 2.96. The third kappa shape index (κ3) is 2.65. The molecule has 2 aromatic heterocycles. The summed E-state index contributed by atoms with van der Waals surface area (Å²) in [6.45, 7) is 2.09. The van der Waals surface area contributed by atoms with Gasteiger partial charge in [-0.05, 0) is 30.7 Å². The van der Waals surface area contributed by atoms with E-state index in [0.717, 1.165) is 11.3 Å². The molecule has 0 radical (unpaired) electrons. The Balaban J connectivity index is 2.52. The second kappa shape index (κ2) is 5.75. The lowest BCUT2D eigenvalue weighted by Gasteiger charge is -2.12. The van der Waals surface area contributed by atoms with Crippen LogP contribution in [0, 0.1) is 6.92 Å². The van der Waals surface area contributed by atoms with Crippen molar-refractivity contribution >= 4 is 17.4 Å². The molecule has 0 saturated carbocycles. The van der Waals surface area contributed by atoms with Crippen molar-refractivity contribution in [3.63, 3.8) is 0 Å². The van der Waals surface area contributed by atoms with E-state index >= 15 is 0 Å². The predicted molar refractivity (Wildman–Crippen MR) is 76.3 cm³/mol. The summed E-state index contributed by atoms with van der Waals surface area (Å²) < 4.78 is 1.51. The molecule has 0 amide bonds. The number of hydrogen-bond donors (Lipinski definition) is 2. The standard InChI is InChI=1S/C13H13ClN4O2/c1-8-2-3-10(12(15)17-20)13(19)18(8)7-9-4-5-16-6-11(9)14/h2-6,20H,7H2,1H3,(H2,15,17). The van der Waals surface area contributed by atoms with Crippen LogP contribution in [0.15, 0.2) is 40.5 Å². The number of aromatic nitrogens is 2. The minimum atomic E-state index is -0.340. The first-order valence-corrected chi connectivity index (χ1v) is 6.19. The van der Waals surface area contributed by atoms with Crippen LogP contribution < -0.4 is 11.3 Å². The SMILES string of the molecule is Cc1ccc(/C(N)=N/O)c(=O)n1Cc1ccncc1Cl. The summed E-state index contributed by atoms with van der Waals surface area (Å²) in [4.78, 5) is 16.2. The average Bonchev–Trinajstić information content (AvgIpc) is 2.44. The van der Waals surface area contributed by atoms with Crippen molar-refractivity contribution in [2.24, 2.45) is 10.9 Å². The molecule has 0 fully saturated rings. The van der Waals surface area contributed by atoms with E-state index in [9.17, 15) is 4.79 Å². The van der Waals surface area contributed by atoms with Gasteiger partial charge in [0.25, 0.3) is 5.56 Å². The Morgan fingerprint density at radius 3 is 2.90 bits per heavy atom. The third-order valence-corrected chi connectivity index (χ3v) is 3.30. The molecule has 3 N–H and O–H groups in total. The summed E-state index contributed by atoms with van der Waals surface area (Å²) in [5, 5.41) is 12.0. The molecule has 0 aromatic carbocycles. The maximum absolute atomic E-state index is 12.3. The highest BCUT2D eigenvalue weighted by Crippen LogP contribution is 2.15. The first-order chi connectivity index (χ1) is 9.54. The molecule has 0 bridgehead atoms. The summed E-state index contributed by atoms with van der Waals surface area (Å²) in [6.07, 6.45) is 3.12. The van der Waals surface area contributed by atoms with Gasteiger partial charge in [-0.1, -0.05) is 16.8 Å². The highest BCUT2D eigenvalue weighted by Gasteiger charge is 2.11. The molecule has 2 rings (SSSR count). The highest BCUT2D eigenvalue weighted by molar-refractivity contribution is 6.31. The highest BCUT2D eigenvalue weighted by atomic mass is 35.5. The largest absolute Gasteiger partial charge is 0.409 e. The molecule has 104 valence electrons. The maximum Gasteiger partial charge on any atom is 0.262 e. The summed E-state index contributed by atoms with van der Waals surface area (Å²) in [6, 6.07) is 4.99. The Kier molecular flexibility index (Phi) is 4.05. The molecule has 0 aliphatic rings. The molecule has 0 aliphatic heterocycles. The zero-order valence-corrected chi connectivity index (χ0v) is 11.5. The van der Waals surface area contributed by atoms with Gasteiger partial charge < -0.3 is 15.5 Å². The number of oxime groups is 1. The van der Waals surface area contributed by atoms with Crippen LogP contribution >= 0.6 is 11.6 Å². The molecule has 2 aromatic rings. The average molecular weight is 293 g/mol. The first-order valence-electron chi connectivity index (χ1n) is 5.81. The van der Waals surface area contributed by atoms with Crippen LogP contribution in [0.5, 0.6) is 0 Å². The number of rotatable bonds is 3. The van der Waals surface area contributed by atoms with Crippen LogP contribution in [0.2, 0.25) is 5.02 Å². The summed E-state index contributed by atoms with van der Waals surface area (Å²) >= 11 is 6.04. The lowest BCUT2D eigenvalue weighted by molar-refractivity contribution is 0.318. The maximum atomic E-state index is 12.3. The smallest absolute Gasteiger partial charge is 0.262 e. The van der Waals surface area contributed by atoms with Gasteiger partial charge in [0, 0.05) is 18.1 Å². The van der Waals surface area contributed by atoms with Crippen LogP contribution in [0.4, 0.5) is 0 Å². The minimum Gasteiger partial charge on any atom is -0.409 e. The van der Waals surface area contributed by atoms with Gasteiger partial charge in [-0.3, -0.25) is 9.78 Å². The zero-order valence-electron chi connectivity index (χ0n) is 10.7. The quantitative estimate of drug-likeness (QED) is 0.386. The molecule has 0 aliphatic carbocycles. The zero-order chi connectivity index (χ0) is 14.7. The lowest BCUT2D eigenvalue weighted by Crippen LogP contribution is -2.31. The van der Waals surface area contributed by atoms with Crippen LogP contribution in [0.3, 0.4) is 0 Å². The van der Waals surface area contributed by atoms with Crippen molar-refractivity contribution in [1.82, 2.24) is 9.55 Å². The predicted octanol–water partition coefficient (Wildman–Crippen LogP) is 1.35. The molecule has 7 heteroatoms. The Bertz CT molecular complexity index is 725. The van der Waals surface area contributed by atoms with Crippen LogP contribution in [0.1, 0.15) is 16.8 Å². The fourth-order valence-corrected chi connectivity index (χ4v) is 2.00. The van der Waals surface area contributed by atoms with Crippen molar-refractivity contribution in [2.45, 2.75) is 13.5 Å². The minimum absolute atomic E-state index is 0.142. The summed E-state index contributed by atoms with van der Waals surface area (Å²) in [7, 11) is 0. The van der Waals surface area contributed by atoms with Crippen LogP contribution in [0.25, 0.3) is 0 Å². The molecule has 20 heavy (non-hydrogen) atoms. The molecule has 0 spiro atoms. The van der Waals surface area contributed by atoms with Crippen LogP contribution in [-0.2, 0) is 6.54 Å². The van der Waals surface area contributed by atoms with Gasteiger partial charge in [0.05, 0.1) is 17.1 Å². The molecular formula is C13H13ClN4O2. The van der Waals surface area contributed by atoms with Crippen molar-refractivity contribution < 1.29 is 5.21 Å². The summed E-state index contributed by atoms with van der Waals surface area (Å²) in [5.41, 5.74) is 6.80. The van der Waals surface area contributed by atoms with Gasteiger partial charge in [-0.2, -0.15) is 0 Å². The van der Waals surface area contributed by atoms with Crippen molar-refractivity contribution in [2.75, 3.05) is 0 Å². The van der Waals surface area contributed by atoms with Gasteiger partial charge in [-0.15, -0.1) is 0 Å². The fraction of sp³-hybridized carbons (Fsp3) is 0.154. The number of aryl methyl sites for hydroxylation is 1. The monoisotopic (exact) mass is 292 g/mol. The topological polar surface area (TPSA) is 93.5 Å². The Hall–Kier alpha value is -2.34. The Morgan fingerprint density at radius 1 is 1.50 bits per heavy atom. The van der Waals surface area contributed by atoms with E-state index in [1.165, 1.54) is 16.8 Å². The van der Waals surface area contributed by atoms with E-state index in [0.29, 0.717) is 11.6 Å². The second-order valence-corrected chi connectivity index (χ2v) is 4.64. The van der Waals surface area contributed by atoms with Crippen molar-refractivity contribution in [3.8, 4) is 0 Å². The van der Waals surface area contributed by atoms with Gasteiger partial charge in [0.2, 0.25) is 0 Å². The molecule has 6 nitrogen and oxygen atoms in total. The van der Waals surface area contributed by atoms with E-state index in [1.54, 1.807) is 25.3 Å². The Labute approximate surface area is 120 Å². The summed E-state index contributed by atoms with van der Waals surface area (Å²) in [5.74, 6) is -0.218. The fourth-order valence-electron chi connectivity index (χ4n) is 1.82.